The number of halogens is 2. The smallest absolute Gasteiger partial charge is 0.236 e. The van der Waals surface area contributed by atoms with Crippen molar-refractivity contribution in [2.24, 2.45) is 5.92 Å². The molecule has 0 N–H and O–H groups in total. The van der Waals surface area contributed by atoms with E-state index in [0.29, 0.717) is 28.9 Å². The molecule has 0 unspecified atom stereocenters. The van der Waals surface area contributed by atoms with Crippen molar-refractivity contribution in [1.29, 1.82) is 0 Å². The van der Waals surface area contributed by atoms with Gasteiger partial charge in [-0.1, -0.05) is 17.7 Å². The van der Waals surface area contributed by atoms with Gasteiger partial charge in [-0.2, -0.15) is 0 Å². The van der Waals surface area contributed by atoms with Crippen molar-refractivity contribution in [3.63, 3.8) is 0 Å². The maximum atomic E-state index is 10.9. The normalized spacial score (nSPS) is 15.9. The predicted octanol–water partition coefficient (Wildman–Crippen LogP) is 3.20. The maximum absolute atomic E-state index is 10.9. The van der Waals surface area contributed by atoms with Crippen molar-refractivity contribution in [3.8, 4) is 5.75 Å². The van der Waals surface area contributed by atoms with Crippen molar-refractivity contribution in [3.05, 3.63) is 28.8 Å². The molecule has 0 atom stereocenters. The lowest BCUT2D eigenvalue weighted by molar-refractivity contribution is 0.300. The van der Waals surface area contributed by atoms with Crippen LogP contribution in [0.15, 0.2) is 18.2 Å². The van der Waals surface area contributed by atoms with Crippen LogP contribution in [0.4, 0.5) is 0 Å². The topological polar surface area (TPSA) is 43.4 Å². The van der Waals surface area contributed by atoms with Gasteiger partial charge in [-0.3, -0.25) is 0 Å². The fourth-order valence-corrected chi connectivity index (χ4v) is 2.66. The number of benzene rings is 1. The predicted molar refractivity (Wildman–Crippen MR) is 68.1 cm³/mol. The van der Waals surface area contributed by atoms with Crippen LogP contribution in [0.3, 0.4) is 0 Å². The van der Waals surface area contributed by atoms with Crippen LogP contribution >= 0.6 is 22.3 Å². The summed E-state index contributed by atoms with van der Waals surface area (Å²) in [4.78, 5) is 0. The van der Waals surface area contributed by atoms with Crippen LogP contribution in [0.1, 0.15) is 18.4 Å². The summed E-state index contributed by atoms with van der Waals surface area (Å²) in [5, 5.41) is 0.420. The molecule has 2 rings (SSSR count). The fourth-order valence-electron chi connectivity index (χ4n) is 1.44. The van der Waals surface area contributed by atoms with Gasteiger partial charge < -0.3 is 4.74 Å². The molecule has 3 nitrogen and oxygen atoms in total. The highest BCUT2D eigenvalue weighted by atomic mass is 35.7. The molecule has 0 amide bonds. The summed E-state index contributed by atoms with van der Waals surface area (Å²) in [6.07, 6.45) is 2.42. The summed E-state index contributed by atoms with van der Waals surface area (Å²) in [7, 11) is 1.62. The molecule has 0 spiro atoms. The second-order valence-corrected chi connectivity index (χ2v) is 7.39. The van der Waals surface area contributed by atoms with Gasteiger partial charge in [0.2, 0.25) is 9.05 Å². The zero-order valence-corrected chi connectivity index (χ0v) is 11.4. The van der Waals surface area contributed by atoms with Gasteiger partial charge in [-0.15, -0.1) is 0 Å². The molecule has 0 heterocycles. The largest absolute Gasteiger partial charge is 0.492 e. The molecule has 0 bridgehead atoms. The van der Waals surface area contributed by atoms with Gasteiger partial charge in [-0.25, -0.2) is 8.42 Å². The van der Waals surface area contributed by atoms with Crippen molar-refractivity contribution in [2.75, 3.05) is 6.61 Å². The SMILES string of the molecule is O=S(=O)(Cl)Cc1ccc(OCC2CC2)c(Cl)c1. The molecule has 6 heteroatoms. The van der Waals surface area contributed by atoms with E-state index in [0.717, 1.165) is 0 Å². The number of ether oxygens (including phenoxy) is 1. The Kier molecular flexibility index (Phi) is 3.85. The van der Waals surface area contributed by atoms with Crippen LogP contribution in [0.25, 0.3) is 0 Å². The first-order chi connectivity index (χ1) is 7.94. The Labute approximate surface area is 110 Å². The van der Waals surface area contributed by atoms with E-state index in [1.54, 1.807) is 18.2 Å². The third-order valence-electron chi connectivity index (χ3n) is 2.51. The van der Waals surface area contributed by atoms with E-state index in [-0.39, 0.29) is 5.75 Å². The van der Waals surface area contributed by atoms with E-state index in [2.05, 4.69) is 0 Å². The molecule has 0 saturated heterocycles. The Hall–Kier alpha value is -0.450. The quantitative estimate of drug-likeness (QED) is 0.783. The highest BCUT2D eigenvalue weighted by molar-refractivity contribution is 8.13. The second kappa shape index (κ2) is 5.04. The zero-order valence-electron chi connectivity index (χ0n) is 9.03. The average molecular weight is 295 g/mol. The highest BCUT2D eigenvalue weighted by Gasteiger charge is 2.22. The number of rotatable bonds is 5. The van der Waals surface area contributed by atoms with Crippen molar-refractivity contribution >= 4 is 31.3 Å². The Morgan fingerprint density at radius 1 is 1.35 bits per heavy atom. The van der Waals surface area contributed by atoms with Gasteiger partial charge in [0.25, 0.3) is 0 Å². The molecule has 1 aliphatic carbocycles. The summed E-state index contributed by atoms with van der Waals surface area (Å²) in [6, 6.07) is 4.92. The van der Waals surface area contributed by atoms with E-state index in [4.69, 9.17) is 27.0 Å². The first kappa shape index (κ1) is 13.0. The van der Waals surface area contributed by atoms with Gasteiger partial charge >= 0.3 is 0 Å². The van der Waals surface area contributed by atoms with Crippen LogP contribution in [-0.2, 0) is 14.8 Å². The molecule has 1 aromatic rings. The molecule has 0 radical (unpaired) electrons. The van der Waals surface area contributed by atoms with Crippen LogP contribution in [0.5, 0.6) is 5.75 Å². The molecule has 17 heavy (non-hydrogen) atoms. The summed E-state index contributed by atoms with van der Waals surface area (Å²) in [5.74, 6) is 1.01. The van der Waals surface area contributed by atoms with Gasteiger partial charge in [0.1, 0.15) is 5.75 Å². The van der Waals surface area contributed by atoms with Gasteiger partial charge in [0.15, 0.2) is 0 Å². The maximum Gasteiger partial charge on any atom is 0.236 e. The molecule has 0 aromatic heterocycles. The minimum absolute atomic E-state index is 0.225. The third kappa shape index (κ3) is 4.37. The van der Waals surface area contributed by atoms with Crippen LogP contribution in [-0.4, -0.2) is 15.0 Å². The molecule has 94 valence electrons. The number of hydrogen-bond acceptors (Lipinski definition) is 3. The lowest BCUT2D eigenvalue weighted by Crippen LogP contribution is -2.00. The Morgan fingerprint density at radius 3 is 2.59 bits per heavy atom. The van der Waals surface area contributed by atoms with Crippen LogP contribution < -0.4 is 4.74 Å². The van der Waals surface area contributed by atoms with E-state index in [9.17, 15) is 8.42 Å². The van der Waals surface area contributed by atoms with E-state index in [1.165, 1.54) is 12.8 Å². The average Bonchev–Trinajstić information content (AvgIpc) is 2.97. The van der Waals surface area contributed by atoms with Gasteiger partial charge in [0.05, 0.1) is 17.4 Å². The number of hydrogen-bond donors (Lipinski definition) is 0. The van der Waals surface area contributed by atoms with E-state index >= 15 is 0 Å². The van der Waals surface area contributed by atoms with Gasteiger partial charge in [0, 0.05) is 10.7 Å². The first-order valence-electron chi connectivity index (χ1n) is 5.27. The first-order valence-corrected chi connectivity index (χ1v) is 8.13. The molecular weight excluding hydrogens is 283 g/mol. The Bertz CT molecular complexity index is 509. The minimum Gasteiger partial charge on any atom is -0.492 e. The van der Waals surface area contributed by atoms with Gasteiger partial charge in [-0.05, 0) is 36.5 Å². The second-order valence-electron chi connectivity index (χ2n) is 4.20. The lowest BCUT2D eigenvalue weighted by Gasteiger charge is -2.08. The summed E-state index contributed by atoms with van der Waals surface area (Å²) in [6.45, 7) is 0.673. The van der Waals surface area contributed by atoms with Crippen LogP contribution in [0.2, 0.25) is 5.02 Å². The summed E-state index contributed by atoms with van der Waals surface area (Å²) >= 11 is 6.00. The Morgan fingerprint density at radius 2 is 2.06 bits per heavy atom. The molecule has 0 aliphatic heterocycles. The summed E-state index contributed by atoms with van der Waals surface area (Å²) < 4.78 is 27.4. The molecule has 1 saturated carbocycles. The van der Waals surface area contributed by atoms with Crippen molar-refractivity contribution in [2.45, 2.75) is 18.6 Å². The molecular formula is C11H12Cl2O3S. The molecule has 1 fully saturated rings. The van der Waals surface area contributed by atoms with Crippen LogP contribution in [0, 0.1) is 5.92 Å². The fraction of sp³-hybridized carbons (Fsp3) is 0.455. The highest BCUT2D eigenvalue weighted by Crippen LogP contribution is 2.32. The van der Waals surface area contributed by atoms with Crippen molar-refractivity contribution < 1.29 is 13.2 Å². The zero-order chi connectivity index (χ0) is 12.5. The molecule has 1 aromatic carbocycles. The monoisotopic (exact) mass is 294 g/mol. The lowest BCUT2D eigenvalue weighted by atomic mass is 10.2. The Balaban J connectivity index is 2.04. The van der Waals surface area contributed by atoms with Crippen molar-refractivity contribution in [1.82, 2.24) is 0 Å². The molecule has 1 aliphatic rings. The van der Waals surface area contributed by atoms with E-state index in [1.807, 2.05) is 0 Å². The minimum atomic E-state index is -3.55. The summed E-state index contributed by atoms with van der Waals surface area (Å²) in [5.41, 5.74) is 0.559. The third-order valence-corrected chi connectivity index (χ3v) is 3.81. The van der Waals surface area contributed by atoms with E-state index < -0.39 is 9.05 Å². The standard InChI is InChI=1S/C11H12Cl2O3S/c12-10-5-9(7-17(13,14)15)3-4-11(10)16-6-8-1-2-8/h3-5,8H,1-2,6-7H2.